The molecule has 6 heteroatoms. The summed E-state index contributed by atoms with van der Waals surface area (Å²) in [6.45, 7) is 0.763. The molecule has 1 unspecified atom stereocenters. The Labute approximate surface area is 164 Å². The van der Waals surface area contributed by atoms with Gasteiger partial charge in [0.25, 0.3) is 0 Å². The van der Waals surface area contributed by atoms with Crippen molar-refractivity contribution in [2.24, 2.45) is 5.90 Å². The van der Waals surface area contributed by atoms with Crippen molar-refractivity contribution in [2.75, 3.05) is 0 Å². The third kappa shape index (κ3) is 3.90. The van der Waals surface area contributed by atoms with Crippen LogP contribution in [0.5, 0.6) is 0 Å². The van der Waals surface area contributed by atoms with E-state index < -0.39 is 0 Å². The highest BCUT2D eigenvalue weighted by Crippen LogP contribution is 2.40. The van der Waals surface area contributed by atoms with E-state index in [1.54, 1.807) is 0 Å². The van der Waals surface area contributed by atoms with Crippen molar-refractivity contribution in [2.45, 2.75) is 69.7 Å². The van der Waals surface area contributed by atoms with E-state index in [0.717, 1.165) is 36.5 Å². The molecule has 1 heterocycles. The molecule has 144 valence electrons. The van der Waals surface area contributed by atoms with E-state index in [1.165, 1.54) is 42.8 Å². The number of benzene rings is 1. The number of nitrogens with two attached hydrogens (primary N) is 1. The number of rotatable bonds is 5. The second-order valence-electron chi connectivity index (χ2n) is 7.78. The van der Waals surface area contributed by atoms with Gasteiger partial charge in [-0.25, -0.2) is 4.98 Å². The molecule has 4 rings (SSSR count). The predicted molar refractivity (Wildman–Crippen MR) is 105 cm³/mol. The van der Waals surface area contributed by atoms with Gasteiger partial charge in [0.1, 0.15) is 5.82 Å². The SMILES string of the molecule is NOC(=O)CC1CCCc2nc(C3CCCC3)n(Cc3ccc(Cl)cc3)c21. The Balaban J connectivity index is 1.74. The average molecular weight is 388 g/mol. The zero-order chi connectivity index (χ0) is 18.8. The van der Waals surface area contributed by atoms with Crippen LogP contribution in [0.4, 0.5) is 0 Å². The summed E-state index contributed by atoms with van der Waals surface area (Å²) in [6, 6.07) is 8.00. The zero-order valence-electron chi connectivity index (χ0n) is 15.5. The quantitative estimate of drug-likeness (QED) is 0.768. The lowest BCUT2D eigenvalue weighted by molar-refractivity contribution is -0.144. The van der Waals surface area contributed by atoms with Gasteiger partial charge in [-0.1, -0.05) is 36.6 Å². The highest BCUT2D eigenvalue weighted by atomic mass is 35.5. The minimum absolute atomic E-state index is 0.125. The molecule has 2 aliphatic carbocycles. The van der Waals surface area contributed by atoms with E-state index in [-0.39, 0.29) is 11.9 Å². The topological polar surface area (TPSA) is 70.1 Å². The lowest BCUT2D eigenvalue weighted by atomic mass is 9.87. The summed E-state index contributed by atoms with van der Waals surface area (Å²) in [5.74, 6) is 6.59. The van der Waals surface area contributed by atoms with Crippen LogP contribution in [0, 0.1) is 0 Å². The van der Waals surface area contributed by atoms with Crippen LogP contribution < -0.4 is 5.90 Å². The van der Waals surface area contributed by atoms with Crippen molar-refractivity contribution in [3.8, 4) is 0 Å². The second kappa shape index (κ2) is 8.03. The monoisotopic (exact) mass is 387 g/mol. The Bertz CT molecular complexity index is 810. The van der Waals surface area contributed by atoms with E-state index in [4.69, 9.17) is 22.5 Å². The maximum Gasteiger partial charge on any atom is 0.325 e. The molecule has 2 aliphatic rings. The van der Waals surface area contributed by atoms with Crippen LogP contribution >= 0.6 is 11.6 Å². The van der Waals surface area contributed by atoms with Crippen molar-refractivity contribution in [3.63, 3.8) is 0 Å². The molecular formula is C21H26ClN3O2. The molecule has 0 spiro atoms. The Morgan fingerprint density at radius 2 is 1.93 bits per heavy atom. The maximum atomic E-state index is 11.9. The Morgan fingerprint density at radius 3 is 2.63 bits per heavy atom. The molecule has 5 nitrogen and oxygen atoms in total. The van der Waals surface area contributed by atoms with Crippen LogP contribution in [0.25, 0.3) is 0 Å². The van der Waals surface area contributed by atoms with E-state index in [2.05, 4.69) is 21.5 Å². The van der Waals surface area contributed by atoms with Gasteiger partial charge in [0.05, 0.1) is 12.1 Å². The molecule has 0 aliphatic heterocycles. The Kier molecular flexibility index (Phi) is 5.50. The van der Waals surface area contributed by atoms with Crippen molar-refractivity contribution in [1.29, 1.82) is 0 Å². The standard InChI is InChI=1S/C21H26ClN3O2/c22-17-10-8-14(9-11-17)13-25-20-16(12-19(26)27-23)6-3-7-18(20)24-21(25)15-4-1-2-5-15/h8-11,15-16H,1-7,12-13,23H2. The zero-order valence-corrected chi connectivity index (χ0v) is 16.3. The van der Waals surface area contributed by atoms with Gasteiger partial charge < -0.3 is 9.40 Å². The number of hydrogen-bond acceptors (Lipinski definition) is 4. The van der Waals surface area contributed by atoms with Crippen molar-refractivity contribution in [3.05, 3.63) is 52.1 Å². The molecule has 1 fully saturated rings. The lowest BCUT2D eigenvalue weighted by Gasteiger charge is -2.24. The number of aryl methyl sites for hydroxylation is 1. The van der Waals surface area contributed by atoms with Crippen LogP contribution in [0.2, 0.25) is 5.02 Å². The van der Waals surface area contributed by atoms with Crippen molar-refractivity contribution in [1.82, 2.24) is 9.55 Å². The number of carbonyl (C=O) groups excluding carboxylic acids is 1. The van der Waals surface area contributed by atoms with Crippen LogP contribution in [0.15, 0.2) is 24.3 Å². The highest BCUT2D eigenvalue weighted by molar-refractivity contribution is 6.30. The summed E-state index contributed by atoms with van der Waals surface area (Å²) in [7, 11) is 0. The number of carbonyl (C=O) groups is 1. The average Bonchev–Trinajstić information content (AvgIpc) is 3.32. The fraction of sp³-hybridized carbons (Fsp3) is 0.524. The summed E-state index contributed by atoms with van der Waals surface area (Å²) in [6.07, 6.45) is 8.27. The van der Waals surface area contributed by atoms with Crippen molar-refractivity contribution >= 4 is 17.6 Å². The number of fused-ring (bicyclic) bond motifs is 1. The van der Waals surface area contributed by atoms with Crippen LogP contribution in [0.3, 0.4) is 0 Å². The third-order valence-electron chi connectivity index (χ3n) is 5.98. The predicted octanol–water partition coefficient (Wildman–Crippen LogP) is 4.47. The summed E-state index contributed by atoms with van der Waals surface area (Å²) in [5, 5.41) is 0.742. The molecule has 0 radical (unpaired) electrons. The summed E-state index contributed by atoms with van der Waals surface area (Å²) in [4.78, 5) is 21.4. The molecule has 0 amide bonds. The molecule has 1 aromatic carbocycles. The van der Waals surface area contributed by atoms with Crippen molar-refractivity contribution < 1.29 is 9.63 Å². The molecule has 2 aromatic rings. The van der Waals surface area contributed by atoms with Crippen LogP contribution in [0.1, 0.15) is 79.6 Å². The highest BCUT2D eigenvalue weighted by Gasteiger charge is 2.32. The van der Waals surface area contributed by atoms with Gasteiger partial charge in [0.2, 0.25) is 0 Å². The maximum absolute atomic E-state index is 11.9. The van der Waals surface area contributed by atoms with Gasteiger partial charge in [-0.2, -0.15) is 5.90 Å². The molecule has 27 heavy (non-hydrogen) atoms. The first kappa shape index (κ1) is 18.5. The van der Waals surface area contributed by atoms with Crippen LogP contribution in [-0.4, -0.2) is 15.5 Å². The fourth-order valence-corrected chi connectivity index (χ4v) is 4.84. The van der Waals surface area contributed by atoms with Gasteiger partial charge in [0.15, 0.2) is 0 Å². The Hall–Kier alpha value is -1.85. The molecule has 1 saturated carbocycles. The summed E-state index contributed by atoms with van der Waals surface area (Å²) >= 11 is 6.06. The molecule has 0 saturated heterocycles. The fourth-order valence-electron chi connectivity index (χ4n) is 4.71. The summed E-state index contributed by atoms with van der Waals surface area (Å²) in [5.41, 5.74) is 3.57. The molecule has 2 N–H and O–H groups in total. The molecule has 1 atom stereocenters. The number of halogens is 1. The third-order valence-corrected chi connectivity index (χ3v) is 6.24. The van der Waals surface area contributed by atoms with Gasteiger partial charge >= 0.3 is 5.97 Å². The van der Waals surface area contributed by atoms with Gasteiger partial charge in [-0.3, -0.25) is 4.79 Å². The summed E-state index contributed by atoms with van der Waals surface area (Å²) < 4.78 is 2.38. The number of hydrogen-bond donors (Lipinski definition) is 1. The smallest absolute Gasteiger partial charge is 0.325 e. The number of imidazole rings is 1. The van der Waals surface area contributed by atoms with E-state index >= 15 is 0 Å². The molecule has 0 bridgehead atoms. The Morgan fingerprint density at radius 1 is 1.19 bits per heavy atom. The van der Waals surface area contributed by atoms with E-state index in [1.807, 2.05) is 12.1 Å². The first-order chi connectivity index (χ1) is 13.2. The van der Waals surface area contributed by atoms with E-state index in [9.17, 15) is 4.79 Å². The van der Waals surface area contributed by atoms with Gasteiger partial charge in [-0.15, -0.1) is 0 Å². The second-order valence-corrected chi connectivity index (χ2v) is 8.22. The molecule has 1 aromatic heterocycles. The number of nitrogens with zero attached hydrogens (tertiary/aromatic N) is 2. The first-order valence-electron chi connectivity index (χ1n) is 9.89. The molecular weight excluding hydrogens is 362 g/mol. The minimum atomic E-state index is -0.352. The minimum Gasteiger partial charge on any atom is -0.373 e. The first-order valence-corrected chi connectivity index (χ1v) is 10.3. The largest absolute Gasteiger partial charge is 0.373 e. The normalized spacial score (nSPS) is 19.9. The lowest BCUT2D eigenvalue weighted by Crippen LogP contribution is -2.21. The van der Waals surface area contributed by atoms with Gasteiger partial charge in [-0.05, 0) is 49.8 Å². The number of aromatic nitrogens is 2. The van der Waals surface area contributed by atoms with E-state index in [0.29, 0.717) is 12.3 Å². The van der Waals surface area contributed by atoms with Crippen LogP contribution in [-0.2, 0) is 22.6 Å². The van der Waals surface area contributed by atoms with Gasteiger partial charge in [0, 0.05) is 29.1 Å².